The first-order chi connectivity index (χ1) is 11.2. The van der Waals surface area contributed by atoms with E-state index in [9.17, 15) is 13.2 Å². The van der Waals surface area contributed by atoms with Gasteiger partial charge in [0.2, 0.25) is 0 Å². The molecule has 2 unspecified atom stereocenters. The third-order valence-electron chi connectivity index (χ3n) is 4.21. The normalized spacial score (nSPS) is 22.0. The second-order valence-electron chi connectivity index (χ2n) is 6.40. The maximum Gasteiger partial charge on any atom is 0.266 e. The summed E-state index contributed by atoms with van der Waals surface area (Å²) in [7, 11) is -1.40. The Morgan fingerprint density at radius 3 is 2.42 bits per heavy atom. The standard InChI is InChI=1S/C16H23ClN2O4S/c1-11-7-12(2)10-19(9-11)16(20)13-5-6-14(17)15(8-13)24(21,22)18(3)23-4/h5-6,8,11-12H,7,9-10H2,1-4H3. The number of rotatable bonds is 4. The Bertz CT molecular complexity index is 713. The minimum atomic E-state index is -3.92. The summed E-state index contributed by atoms with van der Waals surface area (Å²) in [5.74, 6) is 0.669. The van der Waals surface area contributed by atoms with Gasteiger partial charge in [-0.3, -0.25) is 9.63 Å². The molecule has 1 heterocycles. The zero-order chi connectivity index (χ0) is 18.1. The smallest absolute Gasteiger partial charge is 0.266 e. The van der Waals surface area contributed by atoms with E-state index in [1.165, 1.54) is 26.3 Å². The fourth-order valence-electron chi connectivity index (χ4n) is 3.08. The van der Waals surface area contributed by atoms with Crippen LogP contribution in [0.2, 0.25) is 5.02 Å². The van der Waals surface area contributed by atoms with E-state index < -0.39 is 10.0 Å². The number of hydroxylamine groups is 1. The summed E-state index contributed by atoms with van der Waals surface area (Å²) >= 11 is 6.03. The van der Waals surface area contributed by atoms with Crippen molar-refractivity contribution in [3.05, 3.63) is 28.8 Å². The topological polar surface area (TPSA) is 66.9 Å². The molecule has 0 aromatic heterocycles. The number of carbonyl (C=O) groups excluding carboxylic acids is 1. The quantitative estimate of drug-likeness (QED) is 0.760. The number of likely N-dealkylation sites (tertiary alicyclic amines) is 1. The number of nitrogens with zero attached hydrogens (tertiary/aromatic N) is 2. The van der Waals surface area contributed by atoms with Crippen LogP contribution < -0.4 is 0 Å². The molecule has 8 heteroatoms. The van der Waals surface area contributed by atoms with Gasteiger partial charge in [0.05, 0.1) is 12.1 Å². The maximum absolute atomic E-state index is 12.8. The number of piperidine rings is 1. The van der Waals surface area contributed by atoms with Crippen LogP contribution >= 0.6 is 11.6 Å². The summed E-state index contributed by atoms with van der Waals surface area (Å²) in [6.07, 6.45) is 1.09. The predicted molar refractivity (Wildman–Crippen MR) is 92.3 cm³/mol. The second kappa shape index (κ2) is 7.39. The largest absolute Gasteiger partial charge is 0.338 e. The Labute approximate surface area is 148 Å². The number of amides is 1. The summed E-state index contributed by atoms with van der Waals surface area (Å²) in [5, 5.41) is 0.0517. The first-order valence-electron chi connectivity index (χ1n) is 7.78. The van der Waals surface area contributed by atoms with E-state index in [0.717, 1.165) is 6.42 Å². The highest BCUT2D eigenvalue weighted by Crippen LogP contribution is 2.27. The minimum absolute atomic E-state index is 0.0517. The molecule has 2 atom stereocenters. The van der Waals surface area contributed by atoms with Gasteiger partial charge in [-0.25, -0.2) is 8.42 Å². The lowest BCUT2D eigenvalue weighted by Gasteiger charge is -2.35. The Hall–Kier alpha value is -1.15. The average molecular weight is 375 g/mol. The first-order valence-corrected chi connectivity index (χ1v) is 9.60. The van der Waals surface area contributed by atoms with Gasteiger partial charge in [-0.15, -0.1) is 0 Å². The Morgan fingerprint density at radius 1 is 1.29 bits per heavy atom. The molecule has 1 fully saturated rings. The van der Waals surface area contributed by atoms with Gasteiger partial charge in [-0.05, 0) is 36.5 Å². The van der Waals surface area contributed by atoms with Crippen LogP contribution in [0.1, 0.15) is 30.6 Å². The summed E-state index contributed by atoms with van der Waals surface area (Å²) in [6, 6.07) is 4.31. The molecule has 1 aliphatic rings. The summed E-state index contributed by atoms with van der Waals surface area (Å²) in [5.41, 5.74) is 0.309. The van der Waals surface area contributed by atoms with E-state index in [4.69, 9.17) is 16.4 Å². The number of hydrogen-bond donors (Lipinski definition) is 0. The molecule has 0 N–H and O–H groups in total. The van der Waals surface area contributed by atoms with E-state index in [2.05, 4.69) is 13.8 Å². The molecule has 1 aromatic rings. The van der Waals surface area contributed by atoms with Crippen molar-refractivity contribution in [3.8, 4) is 0 Å². The van der Waals surface area contributed by atoms with Gasteiger partial charge in [0.15, 0.2) is 0 Å². The predicted octanol–water partition coefficient (Wildman–Crippen LogP) is 2.64. The van der Waals surface area contributed by atoms with E-state index >= 15 is 0 Å². The zero-order valence-corrected chi connectivity index (χ0v) is 15.9. The van der Waals surface area contributed by atoms with Gasteiger partial charge in [-0.1, -0.05) is 29.9 Å². The molecule has 24 heavy (non-hydrogen) atoms. The molecule has 0 radical (unpaired) electrons. The number of sulfonamides is 1. The minimum Gasteiger partial charge on any atom is -0.338 e. The van der Waals surface area contributed by atoms with Crippen LogP contribution in [0.3, 0.4) is 0 Å². The SMILES string of the molecule is CON(C)S(=O)(=O)c1cc(C(=O)N2CC(C)CC(C)C2)ccc1Cl. The molecule has 0 spiro atoms. The van der Waals surface area contributed by atoms with Crippen molar-refractivity contribution in [2.75, 3.05) is 27.2 Å². The van der Waals surface area contributed by atoms with E-state index in [0.29, 0.717) is 35.0 Å². The third-order valence-corrected chi connectivity index (χ3v) is 6.37. The summed E-state index contributed by atoms with van der Waals surface area (Å²) in [4.78, 5) is 19.2. The van der Waals surface area contributed by atoms with Gasteiger partial charge in [0.1, 0.15) is 4.90 Å². The third kappa shape index (κ3) is 3.91. The van der Waals surface area contributed by atoms with Crippen molar-refractivity contribution in [1.82, 2.24) is 9.37 Å². The van der Waals surface area contributed by atoms with Crippen molar-refractivity contribution in [3.63, 3.8) is 0 Å². The van der Waals surface area contributed by atoms with E-state index in [-0.39, 0.29) is 15.8 Å². The van der Waals surface area contributed by atoms with Crippen molar-refractivity contribution in [2.45, 2.75) is 25.2 Å². The molecular formula is C16H23ClN2O4S. The van der Waals surface area contributed by atoms with Crippen LogP contribution in [0.5, 0.6) is 0 Å². The molecule has 134 valence electrons. The highest BCUT2D eigenvalue weighted by atomic mass is 35.5. The highest BCUT2D eigenvalue weighted by Gasteiger charge is 2.29. The van der Waals surface area contributed by atoms with Crippen LogP contribution in [-0.2, 0) is 14.9 Å². The molecule has 1 amide bonds. The van der Waals surface area contributed by atoms with Crippen molar-refractivity contribution in [2.24, 2.45) is 11.8 Å². The molecule has 6 nitrogen and oxygen atoms in total. The van der Waals surface area contributed by atoms with E-state index in [1.54, 1.807) is 11.0 Å². The molecule has 1 aromatic carbocycles. The maximum atomic E-state index is 12.8. The van der Waals surface area contributed by atoms with Crippen molar-refractivity contribution < 1.29 is 18.0 Å². The Morgan fingerprint density at radius 2 is 1.88 bits per heavy atom. The molecule has 2 rings (SSSR count). The lowest BCUT2D eigenvalue weighted by atomic mass is 9.91. The van der Waals surface area contributed by atoms with Crippen LogP contribution in [-0.4, -0.2) is 50.9 Å². The van der Waals surface area contributed by atoms with Crippen LogP contribution in [0, 0.1) is 11.8 Å². The van der Waals surface area contributed by atoms with Gasteiger partial charge in [0, 0.05) is 25.7 Å². The number of hydrogen-bond acceptors (Lipinski definition) is 4. The van der Waals surface area contributed by atoms with Gasteiger partial charge in [0.25, 0.3) is 15.9 Å². The Balaban J connectivity index is 2.36. The number of benzene rings is 1. The molecule has 0 saturated carbocycles. The van der Waals surface area contributed by atoms with Crippen LogP contribution in [0.25, 0.3) is 0 Å². The average Bonchev–Trinajstić information content (AvgIpc) is 2.52. The first kappa shape index (κ1) is 19.2. The fourth-order valence-corrected chi connectivity index (χ4v) is 4.56. The lowest BCUT2D eigenvalue weighted by molar-refractivity contribution is -0.0258. The molecule has 0 aliphatic carbocycles. The fraction of sp³-hybridized carbons (Fsp3) is 0.562. The summed E-state index contributed by atoms with van der Waals surface area (Å²) < 4.78 is 25.6. The van der Waals surface area contributed by atoms with Crippen molar-refractivity contribution >= 4 is 27.5 Å². The van der Waals surface area contributed by atoms with Gasteiger partial charge >= 0.3 is 0 Å². The molecule has 0 bridgehead atoms. The lowest BCUT2D eigenvalue weighted by Crippen LogP contribution is -2.42. The zero-order valence-electron chi connectivity index (χ0n) is 14.3. The molecular weight excluding hydrogens is 352 g/mol. The molecule has 1 aliphatic heterocycles. The Kier molecular flexibility index (Phi) is 5.91. The van der Waals surface area contributed by atoms with Crippen LogP contribution in [0.4, 0.5) is 0 Å². The van der Waals surface area contributed by atoms with Gasteiger partial charge < -0.3 is 4.90 Å². The highest BCUT2D eigenvalue weighted by molar-refractivity contribution is 7.89. The number of carbonyl (C=O) groups is 1. The second-order valence-corrected chi connectivity index (χ2v) is 8.71. The van der Waals surface area contributed by atoms with Gasteiger partial charge in [-0.2, -0.15) is 0 Å². The van der Waals surface area contributed by atoms with Crippen molar-refractivity contribution in [1.29, 1.82) is 0 Å². The van der Waals surface area contributed by atoms with E-state index in [1.807, 2.05) is 0 Å². The molecule has 1 saturated heterocycles. The summed E-state index contributed by atoms with van der Waals surface area (Å²) in [6.45, 7) is 5.57. The number of halogens is 1. The van der Waals surface area contributed by atoms with Crippen LogP contribution in [0.15, 0.2) is 23.1 Å². The monoisotopic (exact) mass is 374 g/mol.